The maximum atomic E-state index is 12.7. The lowest BCUT2D eigenvalue weighted by Gasteiger charge is -2.28. The first-order chi connectivity index (χ1) is 14.0. The van der Waals surface area contributed by atoms with Crippen molar-refractivity contribution in [1.82, 2.24) is 14.7 Å². The quantitative estimate of drug-likeness (QED) is 0.700. The highest BCUT2D eigenvalue weighted by molar-refractivity contribution is 6.03. The number of fused-ring (bicyclic) bond motifs is 1. The van der Waals surface area contributed by atoms with E-state index < -0.39 is 0 Å². The minimum absolute atomic E-state index is 0.242. The number of benzene rings is 2. The van der Waals surface area contributed by atoms with Crippen LogP contribution >= 0.6 is 0 Å². The number of para-hydroxylation sites is 1. The van der Waals surface area contributed by atoms with Gasteiger partial charge in [0.05, 0.1) is 12.2 Å². The summed E-state index contributed by atoms with van der Waals surface area (Å²) in [6, 6.07) is 17.4. The Labute approximate surface area is 169 Å². The normalized spacial score (nSPS) is 13.7. The molecule has 0 bridgehead atoms. The predicted octanol–water partition coefficient (Wildman–Crippen LogP) is 2.28. The third-order valence-corrected chi connectivity index (χ3v) is 5.06. The van der Waals surface area contributed by atoms with Gasteiger partial charge in [-0.1, -0.05) is 24.3 Å². The molecule has 0 saturated carbocycles. The number of nitrogens with two attached hydrogens (primary N) is 1. The fourth-order valence-electron chi connectivity index (χ4n) is 3.66. The first-order valence-corrected chi connectivity index (χ1v) is 9.55. The van der Waals surface area contributed by atoms with Gasteiger partial charge in [-0.3, -0.25) is 14.5 Å². The van der Waals surface area contributed by atoms with Crippen LogP contribution in [-0.2, 0) is 17.8 Å². The van der Waals surface area contributed by atoms with Crippen LogP contribution in [0, 0.1) is 6.92 Å². The van der Waals surface area contributed by atoms with E-state index in [2.05, 4.69) is 10.4 Å². The van der Waals surface area contributed by atoms with Crippen LogP contribution in [0.3, 0.4) is 0 Å². The van der Waals surface area contributed by atoms with Crippen LogP contribution in [0.1, 0.15) is 27.3 Å². The molecular formula is C22H23N5O2. The van der Waals surface area contributed by atoms with E-state index in [0.29, 0.717) is 17.9 Å². The van der Waals surface area contributed by atoms with Crippen molar-refractivity contribution in [2.75, 3.05) is 18.4 Å². The Kier molecular flexibility index (Phi) is 5.14. The lowest BCUT2D eigenvalue weighted by atomic mass is 9.99. The maximum Gasteiger partial charge on any atom is 0.276 e. The van der Waals surface area contributed by atoms with E-state index in [4.69, 9.17) is 5.73 Å². The molecule has 4 rings (SSSR count). The average Bonchev–Trinajstić information content (AvgIpc) is 3.10. The van der Waals surface area contributed by atoms with Gasteiger partial charge >= 0.3 is 0 Å². The van der Waals surface area contributed by atoms with E-state index >= 15 is 0 Å². The Morgan fingerprint density at radius 2 is 1.90 bits per heavy atom. The molecule has 0 fully saturated rings. The van der Waals surface area contributed by atoms with Gasteiger partial charge < -0.3 is 11.1 Å². The molecule has 0 radical (unpaired) electrons. The first kappa shape index (κ1) is 18.9. The number of hydrogen-bond acceptors (Lipinski definition) is 4. The monoisotopic (exact) mass is 389 g/mol. The number of aromatic nitrogens is 2. The summed E-state index contributed by atoms with van der Waals surface area (Å²) in [7, 11) is 0. The van der Waals surface area contributed by atoms with Crippen molar-refractivity contribution in [2.24, 2.45) is 5.73 Å². The van der Waals surface area contributed by atoms with Crippen molar-refractivity contribution in [3.8, 4) is 5.69 Å². The second-order valence-corrected chi connectivity index (χ2v) is 7.28. The van der Waals surface area contributed by atoms with Crippen molar-refractivity contribution in [1.29, 1.82) is 0 Å². The first-order valence-electron chi connectivity index (χ1n) is 9.55. The number of carbonyl (C=O) groups is 2. The molecule has 29 heavy (non-hydrogen) atoms. The van der Waals surface area contributed by atoms with Gasteiger partial charge in [0.25, 0.3) is 5.91 Å². The molecule has 2 heterocycles. The summed E-state index contributed by atoms with van der Waals surface area (Å²) in [5.41, 5.74) is 10.5. The molecule has 1 aliphatic rings. The van der Waals surface area contributed by atoms with E-state index in [1.807, 2.05) is 60.4 Å². The number of aryl methyl sites for hydroxylation is 1. The third kappa shape index (κ3) is 4.20. The van der Waals surface area contributed by atoms with Crippen LogP contribution in [0.15, 0.2) is 54.6 Å². The lowest BCUT2D eigenvalue weighted by Crippen LogP contribution is -2.37. The average molecular weight is 389 g/mol. The molecule has 7 heteroatoms. The van der Waals surface area contributed by atoms with Gasteiger partial charge in [-0.25, -0.2) is 4.68 Å². The lowest BCUT2D eigenvalue weighted by molar-refractivity contribution is -0.119. The molecule has 0 aliphatic carbocycles. The second-order valence-electron chi connectivity index (χ2n) is 7.28. The van der Waals surface area contributed by atoms with Gasteiger partial charge in [-0.05, 0) is 54.8 Å². The Hall–Kier alpha value is -3.45. The summed E-state index contributed by atoms with van der Waals surface area (Å²) in [5, 5.41) is 7.38. The second kappa shape index (κ2) is 7.89. The highest BCUT2D eigenvalue weighted by atomic mass is 16.2. The fraction of sp³-hybridized carbons (Fsp3) is 0.227. The van der Waals surface area contributed by atoms with Crippen LogP contribution in [-0.4, -0.2) is 39.6 Å². The zero-order valence-electron chi connectivity index (χ0n) is 16.3. The van der Waals surface area contributed by atoms with Crippen molar-refractivity contribution in [3.63, 3.8) is 0 Å². The molecule has 3 N–H and O–H groups in total. The largest absolute Gasteiger partial charge is 0.369 e. The highest BCUT2D eigenvalue weighted by Crippen LogP contribution is 2.23. The predicted molar refractivity (Wildman–Crippen MR) is 111 cm³/mol. The van der Waals surface area contributed by atoms with E-state index in [9.17, 15) is 9.59 Å². The Balaban J connectivity index is 1.50. The Bertz CT molecular complexity index is 1060. The van der Waals surface area contributed by atoms with E-state index in [1.54, 1.807) is 10.7 Å². The van der Waals surface area contributed by atoms with Gasteiger partial charge in [0, 0.05) is 24.5 Å². The zero-order chi connectivity index (χ0) is 20.4. The molecule has 3 aromatic rings. The minimum atomic E-state index is -0.331. The molecule has 0 atom stereocenters. The summed E-state index contributed by atoms with van der Waals surface area (Å²) in [6.07, 6.45) is 0.859. The van der Waals surface area contributed by atoms with Crippen LogP contribution in [0.4, 0.5) is 5.69 Å². The highest BCUT2D eigenvalue weighted by Gasteiger charge is 2.19. The van der Waals surface area contributed by atoms with Gasteiger partial charge in [0.15, 0.2) is 5.69 Å². The van der Waals surface area contributed by atoms with E-state index in [-0.39, 0.29) is 18.4 Å². The fourth-order valence-corrected chi connectivity index (χ4v) is 3.66. The molecule has 7 nitrogen and oxygen atoms in total. The van der Waals surface area contributed by atoms with Gasteiger partial charge in [0.1, 0.15) is 0 Å². The van der Waals surface area contributed by atoms with Crippen molar-refractivity contribution >= 4 is 17.5 Å². The van der Waals surface area contributed by atoms with Crippen LogP contribution in [0.5, 0.6) is 0 Å². The molecule has 2 aromatic carbocycles. The minimum Gasteiger partial charge on any atom is -0.369 e. The number of amides is 2. The van der Waals surface area contributed by atoms with Gasteiger partial charge in [-0.2, -0.15) is 5.10 Å². The van der Waals surface area contributed by atoms with Crippen molar-refractivity contribution in [3.05, 3.63) is 77.1 Å². The number of carbonyl (C=O) groups excluding carboxylic acids is 2. The molecule has 0 unspecified atom stereocenters. The summed E-state index contributed by atoms with van der Waals surface area (Å²) in [5.74, 6) is -0.588. The van der Waals surface area contributed by atoms with Crippen LogP contribution in [0.2, 0.25) is 0 Å². The van der Waals surface area contributed by atoms with E-state index in [1.165, 1.54) is 5.56 Å². The van der Waals surface area contributed by atoms with Gasteiger partial charge in [0.2, 0.25) is 5.91 Å². The van der Waals surface area contributed by atoms with Crippen molar-refractivity contribution < 1.29 is 9.59 Å². The van der Waals surface area contributed by atoms with Crippen LogP contribution in [0.25, 0.3) is 5.69 Å². The SMILES string of the molecule is Cc1cc(C(=O)Nc2ccc3c(c2)CN(CC(N)=O)CC3)nn1-c1ccccc1. The molecule has 1 aromatic heterocycles. The number of rotatable bonds is 5. The van der Waals surface area contributed by atoms with Crippen LogP contribution < -0.4 is 11.1 Å². The molecule has 148 valence electrons. The Morgan fingerprint density at radius 3 is 2.66 bits per heavy atom. The summed E-state index contributed by atoms with van der Waals surface area (Å²) >= 11 is 0. The summed E-state index contributed by atoms with van der Waals surface area (Å²) in [4.78, 5) is 25.9. The number of primary amides is 1. The number of hydrogen-bond donors (Lipinski definition) is 2. The molecular weight excluding hydrogens is 366 g/mol. The topological polar surface area (TPSA) is 93.2 Å². The number of nitrogens with one attached hydrogen (secondary N) is 1. The maximum absolute atomic E-state index is 12.7. The number of nitrogens with zero attached hydrogens (tertiary/aromatic N) is 3. The molecule has 2 amide bonds. The van der Waals surface area contributed by atoms with Gasteiger partial charge in [-0.15, -0.1) is 0 Å². The third-order valence-electron chi connectivity index (χ3n) is 5.06. The molecule has 1 aliphatic heterocycles. The van der Waals surface area contributed by atoms with E-state index in [0.717, 1.165) is 29.9 Å². The summed E-state index contributed by atoms with van der Waals surface area (Å²) < 4.78 is 1.75. The summed E-state index contributed by atoms with van der Waals surface area (Å²) in [6.45, 7) is 3.61. The number of anilines is 1. The molecule has 0 saturated heterocycles. The standard InChI is InChI=1S/C22H23N5O2/c1-15-11-20(25-27(15)19-5-3-2-4-6-19)22(29)24-18-8-7-16-9-10-26(14-21(23)28)13-17(16)12-18/h2-8,11-12H,9-10,13-14H2,1H3,(H2,23,28)(H,24,29). The Morgan fingerprint density at radius 1 is 1.10 bits per heavy atom. The smallest absolute Gasteiger partial charge is 0.276 e. The van der Waals surface area contributed by atoms with Crippen molar-refractivity contribution in [2.45, 2.75) is 19.9 Å². The zero-order valence-corrected chi connectivity index (χ0v) is 16.3. The molecule has 0 spiro atoms.